The number of para-hydroxylation sites is 1. The van der Waals surface area contributed by atoms with E-state index in [0.717, 1.165) is 22.0 Å². The monoisotopic (exact) mass is 532 g/mol. The second-order valence-corrected chi connectivity index (χ2v) is 11.1. The van der Waals surface area contributed by atoms with Gasteiger partial charge in [-0.3, -0.25) is 14.4 Å². The molecule has 39 heavy (non-hydrogen) atoms. The molecule has 1 saturated heterocycles. The lowest BCUT2D eigenvalue weighted by Gasteiger charge is -2.38. The van der Waals surface area contributed by atoms with Crippen LogP contribution in [0.2, 0.25) is 0 Å². The van der Waals surface area contributed by atoms with E-state index in [1.54, 1.807) is 33.0 Å². The van der Waals surface area contributed by atoms with E-state index in [4.69, 9.17) is 5.73 Å². The molecule has 10 heteroatoms. The topological polar surface area (TPSA) is 133 Å². The number of halogens is 1. The highest BCUT2D eigenvalue weighted by Crippen LogP contribution is 2.40. The Morgan fingerprint density at radius 2 is 1.95 bits per heavy atom. The zero-order valence-corrected chi connectivity index (χ0v) is 22.3. The maximum Gasteiger partial charge on any atom is 0.254 e. The Morgan fingerprint density at radius 1 is 1.23 bits per heavy atom. The third-order valence-electron chi connectivity index (χ3n) is 7.69. The Balaban J connectivity index is 1.45. The van der Waals surface area contributed by atoms with Crippen LogP contribution in [-0.4, -0.2) is 64.5 Å². The van der Waals surface area contributed by atoms with Crippen molar-refractivity contribution >= 4 is 34.2 Å². The van der Waals surface area contributed by atoms with Crippen molar-refractivity contribution in [3.63, 3.8) is 0 Å². The highest BCUT2D eigenvalue weighted by molar-refractivity contribution is 6.14. The van der Waals surface area contributed by atoms with Crippen LogP contribution in [0.1, 0.15) is 31.4 Å². The summed E-state index contributed by atoms with van der Waals surface area (Å²) in [7, 11) is 1.60. The molecule has 0 aliphatic carbocycles. The molecule has 5 N–H and O–H groups in total. The number of H-pyrrole nitrogens is 1. The van der Waals surface area contributed by atoms with E-state index in [9.17, 15) is 18.8 Å². The number of hydrogen-bond donors (Lipinski definition) is 4. The largest absolute Gasteiger partial charge is 0.361 e. The van der Waals surface area contributed by atoms with Crippen LogP contribution >= 0.6 is 0 Å². The Bertz CT molecular complexity index is 1460. The number of hydrogen-bond acceptors (Lipinski definition) is 6. The summed E-state index contributed by atoms with van der Waals surface area (Å²) in [6, 6.07) is 12.2. The molecule has 0 saturated carbocycles. The highest BCUT2D eigenvalue weighted by atomic mass is 19.1. The Hall–Kier alpha value is -3.89. The molecule has 2 aliphatic rings. The zero-order chi connectivity index (χ0) is 27.9. The summed E-state index contributed by atoms with van der Waals surface area (Å²) in [5.74, 6) is -1.26. The molecule has 3 heterocycles. The molecular weight excluding hydrogens is 499 g/mol. The van der Waals surface area contributed by atoms with Gasteiger partial charge in [-0.25, -0.2) is 9.40 Å². The van der Waals surface area contributed by atoms with E-state index in [0.29, 0.717) is 5.71 Å². The van der Waals surface area contributed by atoms with Gasteiger partial charge in [0.1, 0.15) is 5.82 Å². The molecule has 9 nitrogen and oxygen atoms in total. The molecule has 5 rings (SSSR count). The van der Waals surface area contributed by atoms with Gasteiger partial charge < -0.3 is 21.4 Å². The standard InChI is InChI=1S/C29H33FN6O3/c1-28(2,31)26(38)34-22(12-18-15-32-21-7-5-4-6-20(18)21)25(37)23-14-29(13-17-8-10-19(30)11-9-17)24(16-33-23)35-36(3)27(29)39/h4-11,15,22-23,32-33H,12-14,16,31H2,1-3H3,(H,34,38)/t22-,23+,29+/m1/s1. The van der Waals surface area contributed by atoms with Gasteiger partial charge in [-0.2, -0.15) is 5.10 Å². The number of ketones is 1. The lowest BCUT2D eigenvalue weighted by atomic mass is 9.69. The van der Waals surface area contributed by atoms with Gasteiger partial charge in [0.2, 0.25) is 5.91 Å². The van der Waals surface area contributed by atoms with Crippen LogP contribution in [-0.2, 0) is 27.2 Å². The predicted molar refractivity (Wildman–Crippen MR) is 146 cm³/mol. The van der Waals surface area contributed by atoms with Crippen molar-refractivity contribution in [1.82, 2.24) is 20.6 Å². The predicted octanol–water partition coefficient (Wildman–Crippen LogP) is 2.06. The molecule has 204 valence electrons. The highest BCUT2D eigenvalue weighted by Gasteiger charge is 2.54. The number of benzene rings is 2. The number of aromatic nitrogens is 1. The minimum atomic E-state index is -1.19. The van der Waals surface area contributed by atoms with Crippen LogP contribution in [0, 0.1) is 11.2 Å². The number of aromatic amines is 1. The molecule has 3 atom stereocenters. The van der Waals surface area contributed by atoms with Crippen molar-refractivity contribution in [2.24, 2.45) is 16.3 Å². The van der Waals surface area contributed by atoms with Gasteiger partial charge in [0.15, 0.2) is 5.78 Å². The maximum absolute atomic E-state index is 14.1. The first-order chi connectivity index (χ1) is 18.5. The molecule has 0 unspecified atom stereocenters. The zero-order valence-electron chi connectivity index (χ0n) is 22.3. The third-order valence-corrected chi connectivity index (χ3v) is 7.69. The number of nitrogens with two attached hydrogens (primary N) is 1. The summed E-state index contributed by atoms with van der Waals surface area (Å²) < 4.78 is 13.6. The number of Topliss-reactive ketones (excluding diaryl/α,β-unsaturated/α-hetero) is 1. The number of nitrogens with one attached hydrogen (secondary N) is 3. The lowest BCUT2D eigenvalue weighted by Crippen LogP contribution is -2.61. The summed E-state index contributed by atoms with van der Waals surface area (Å²) in [6.45, 7) is 3.41. The van der Waals surface area contributed by atoms with E-state index < -0.39 is 28.9 Å². The number of amides is 2. The SMILES string of the molecule is CN1N=C2CN[C@H](C(=O)[C@@H](Cc3c[nH]c4ccccc34)NC(=O)C(C)(C)N)C[C@]2(Cc2ccc(F)cc2)C1=O. The van der Waals surface area contributed by atoms with Gasteiger partial charge in [-0.15, -0.1) is 0 Å². The summed E-state index contributed by atoms with van der Waals surface area (Å²) in [5.41, 5.74) is 7.05. The van der Waals surface area contributed by atoms with Crippen molar-refractivity contribution in [2.75, 3.05) is 13.6 Å². The van der Waals surface area contributed by atoms with Gasteiger partial charge in [0, 0.05) is 37.1 Å². The van der Waals surface area contributed by atoms with Crippen molar-refractivity contribution in [1.29, 1.82) is 0 Å². The molecule has 3 aromatic rings. The lowest BCUT2D eigenvalue weighted by molar-refractivity contribution is -0.137. The quantitative estimate of drug-likeness (QED) is 0.353. The minimum absolute atomic E-state index is 0.164. The Morgan fingerprint density at radius 3 is 2.67 bits per heavy atom. The first kappa shape index (κ1) is 26.7. The normalized spacial score (nSPS) is 22.0. The second-order valence-electron chi connectivity index (χ2n) is 11.1. The van der Waals surface area contributed by atoms with E-state index in [1.807, 2.05) is 30.5 Å². The number of fused-ring (bicyclic) bond motifs is 2. The molecule has 0 bridgehead atoms. The number of nitrogens with zero attached hydrogens (tertiary/aromatic N) is 2. The fraction of sp³-hybridized carbons (Fsp3) is 0.379. The van der Waals surface area contributed by atoms with Crippen LogP contribution in [0.4, 0.5) is 4.39 Å². The first-order valence-corrected chi connectivity index (χ1v) is 13.0. The van der Waals surface area contributed by atoms with Crippen LogP contribution in [0.25, 0.3) is 10.9 Å². The Labute approximate surface area is 226 Å². The maximum atomic E-state index is 14.1. The third kappa shape index (κ3) is 5.09. The summed E-state index contributed by atoms with van der Waals surface area (Å²) in [5, 5.41) is 12.9. The van der Waals surface area contributed by atoms with Crippen LogP contribution in [0.3, 0.4) is 0 Å². The fourth-order valence-electron chi connectivity index (χ4n) is 5.54. The number of rotatable bonds is 8. The average Bonchev–Trinajstić information content (AvgIpc) is 3.42. The molecule has 1 fully saturated rings. The first-order valence-electron chi connectivity index (χ1n) is 13.0. The van der Waals surface area contributed by atoms with E-state index >= 15 is 0 Å². The van der Waals surface area contributed by atoms with Crippen LogP contribution in [0.15, 0.2) is 59.8 Å². The summed E-state index contributed by atoms with van der Waals surface area (Å²) >= 11 is 0. The fourth-order valence-corrected chi connectivity index (χ4v) is 5.54. The van der Waals surface area contributed by atoms with Crippen molar-refractivity contribution in [3.05, 3.63) is 71.7 Å². The molecular formula is C29H33FN6O3. The smallest absolute Gasteiger partial charge is 0.254 e. The van der Waals surface area contributed by atoms with Gasteiger partial charge in [-0.05, 0) is 56.0 Å². The number of hydrazone groups is 1. The van der Waals surface area contributed by atoms with E-state index in [2.05, 4.69) is 20.7 Å². The van der Waals surface area contributed by atoms with Crippen LogP contribution < -0.4 is 16.4 Å². The minimum Gasteiger partial charge on any atom is -0.361 e. The molecule has 0 radical (unpaired) electrons. The van der Waals surface area contributed by atoms with E-state index in [-0.39, 0.29) is 43.3 Å². The average molecular weight is 533 g/mol. The molecule has 0 spiro atoms. The van der Waals surface area contributed by atoms with Gasteiger partial charge in [-0.1, -0.05) is 30.3 Å². The molecule has 2 aliphatic heterocycles. The van der Waals surface area contributed by atoms with Gasteiger partial charge in [0.25, 0.3) is 5.91 Å². The van der Waals surface area contributed by atoms with E-state index in [1.165, 1.54) is 17.1 Å². The van der Waals surface area contributed by atoms with Crippen molar-refractivity contribution in [2.45, 2.75) is 50.7 Å². The van der Waals surface area contributed by atoms with Gasteiger partial charge in [0.05, 0.1) is 28.7 Å². The second kappa shape index (κ2) is 10.0. The number of piperidine rings is 1. The van der Waals surface area contributed by atoms with Crippen molar-refractivity contribution in [3.8, 4) is 0 Å². The van der Waals surface area contributed by atoms with Crippen LogP contribution in [0.5, 0.6) is 0 Å². The summed E-state index contributed by atoms with van der Waals surface area (Å²) in [4.78, 5) is 43.7. The van der Waals surface area contributed by atoms with Gasteiger partial charge >= 0.3 is 0 Å². The molecule has 2 amide bonds. The number of carbonyl (C=O) groups excluding carboxylic acids is 3. The molecule has 2 aromatic carbocycles. The summed E-state index contributed by atoms with van der Waals surface area (Å²) in [6.07, 6.45) is 2.55. The Kier molecular flexibility index (Phi) is 6.86. The number of carbonyl (C=O) groups is 3. The molecule has 1 aromatic heterocycles. The van der Waals surface area contributed by atoms with Crippen molar-refractivity contribution < 1.29 is 18.8 Å².